The van der Waals surface area contributed by atoms with E-state index in [1.165, 1.54) is 11.3 Å². The zero-order valence-corrected chi connectivity index (χ0v) is 15.1. The molecule has 0 unspecified atom stereocenters. The summed E-state index contributed by atoms with van der Waals surface area (Å²) in [4.78, 5) is 14.5. The molecule has 128 valence electrons. The molecule has 0 aliphatic carbocycles. The van der Waals surface area contributed by atoms with Crippen molar-refractivity contribution in [3.63, 3.8) is 0 Å². The molecule has 0 spiro atoms. The lowest BCUT2D eigenvalue weighted by Gasteiger charge is -2.18. The van der Waals surface area contributed by atoms with Crippen molar-refractivity contribution in [1.29, 1.82) is 0 Å². The Balaban J connectivity index is 1.67. The third kappa shape index (κ3) is 4.22. The van der Waals surface area contributed by atoms with Crippen molar-refractivity contribution >= 4 is 28.1 Å². The van der Waals surface area contributed by atoms with Crippen molar-refractivity contribution in [3.8, 4) is 10.6 Å². The van der Waals surface area contributed by atoms with Crippen LogP contribution in [0.4, 0.5) is 10.8 Å². The molecule has 6 heteroatoms. The zero-order chi connectivity index (χ0) is 17.6. The van der Waals surface area contributed by atoms with E-state index in [4.69, 9.17) is 0 Å². The molecule has 0 bridgehead atoms. The molecule has 0 saturated heterocycles. The summed E-state index contributed by atoms with van der Waals surface area (Å²) >= 11 is 1.36. The second-order valence-electron chi connectivity index (χ2n) is 5.70. The van der Waals surface area contributed by atoms with Crippen LogP contribution in [0.1, 0.15) is 23.7 Å². The second-order valence-corrected chi connectivity index (χ2v) is 6.68. The van der Waals surface area contributed by atoms with Gasteiger partial charge in [0.1, 0.15) is 5.01 Å². The summed E-state index contributed by atoms with van der Waals surface area (Å²) < 4.78 is 0. The fourth-order valence-electron chi connectivity index (χ4n) is 2.47. The van der Waals surface area contributed by atoms with Crippen LogP contribution in [0, 0.1) is 0 Å². The maximum atomic E-state index is 12.4. The number of nitrogens with one attached hydrogen (secondary N) is 1. The highest BCUT2D eigenvalue weighted by atomic mass is 32.1. The van der Waals surface area contributed by atoms with Crippen LogP contribution in [0.15, 0.2) is 54.6 Å². The van der Waals surface area contributed by atoms with Crippen molar-refractivity contribution in [3.05, 3.63) is 60.2 Å². The van der Waals surface area contributed by atoms with Crippen LogP contribution in [0.25, 0.3) is 10.6 Å². The maximum Gasteiger partial charge on any atom is 0.257 e. The first-order valence-corrected chi connectivity index (χ1v) is 9.00. The Morgan fingerprint density at radius 1 is 1.08 bits per heavy atom. The molecule has 1 amide bonds. The van der Waals surface area contributed by atoms with Crippen LogP contribution >= 0.6 is 11.3 Å². The third-order valence-corrected chi connectivity index (χ3v) is 4.68. The number of amides is 1. The predicted octanol–water partition coefficient (Wildman–Crippen LogP) is 4.30. The fourth-order valence-corrected chi connectivity index (χ4v) is 3.22. The van der Waals surface area contributed by atoms with Gasteiger partial charge in [0.25, 0.3) is 5.91 Å². The molecule has 0 atom stereocenters. The molecule has 1 heterocycles. The lowest BCUT2D eigenvalue weighted by atomic mass is 10.2. The first kappa shape index (κ1) is 17.1. The second kappa shape index (κ2) is 7.90. The molecule has 0 saturated carbocycles. The van der Waals surface area contributed by atoms with E-state index in [9.17, 15) is 4.79 Å². The van der Waals surface area contributed by atoms with E-state index in [0.29, 0.717) is 10.7 Å². The maximum absolute atomic E-state index is 12.4. The molecule has 0 fully saturated rings. The van der Waals surface area contributed by atoms with E-state index in [2.05, 4.69) is 27.3 Å². The molecule has 0 radical (unpaired) electrons. The Morgan fingerprint density at radius 3 is 2.48 bits per heavy atom. The van der Waals surface area contributed by atoms with Crippen LogP contribution in [-0.2, 0) is 0 Å². The van der Waals surface area contributed by atoms with Crippen LogP contribution in [0.3, 0.4) is 0 Å². The number of carbonyl (C=O) groups is 1. The van der Waals surface area contributed by atoms with Gasteiger partial charge in [-0.2, -0.15) is 0 Å². The van der Waals surface area contributed by atoms with Gasteiger partial charge in [0.2, 0.25) is 5.13 Å². The molecule has 0 aliphatic heterocycles. The topological polar surface area (TPSA) is 58.1 Å². The number of hydrogen-bond acceptors (Lipinski definition) is 5. The highest BCUT2D eigenvalue weighted by molar-refractivity contribution is 7.18. The normalized spacial score (nSPS) is 10.5. The zero-order valence-electron chi connectivity index (χ0n) is 14.3. The van der Waals surface area contributed by atoms with Crippen molar-refractivity contribution in [1.82, 2.24) is 10.2 Å². The highest BCUT2D eigenvalue weighted by Crippen LogP contribution is 2.26. The first-order valence-electron chi connectivity index (χ1n) is 8.19. The molecule has 25 heavy (non-hydrogen) atoms. The van der Waals surface area contributed by atoms with Gasteiger partial charge >= 0.3 is 0 Å². The molecule has 3 aromatic rings. The van der Waals surface area contributed by atoms with Gasteiger partial charge in [0.05, 0.1) is 0 Å². The van der Waals surface area contributed by atoms with Crippen molar-refractivity contribution < 1.29 is 4.79 Å². The number of anilines is 2. The number of hydrogen-bond donors (Lipinski definition) is 1. The van der Waals surface area contributed by atoms with E-state index >= 15 is 0 Å². The Kier molecular flexibility index (Phi) is 5.40. The molecular formula is C19H20N4OS. The minimum Gasteiger partial charge on any atom is -0.375 e. The summed E-state index contributed by atoms with van der Waals surface area (Å²) in [6.45, 7) is 3.13. The first-order chi connectivity index (χ1) is 12.2. The van der Waals surface area contributed by atoms with E-state index in [0.717, 1.165) is 29.2 Å². The minimum atomic E-state index is -0.180. The van der Waals surface area contributed by atoms with Crippen molar-refractivity contribution in [2.24, 2.45) is 0 Å². The van der Waals surface area contributed by atoms with Crippen molar-refractivity contribution in [2.45, 2.75) is 13.3 Å². The van der Waals surface area contributed by atoms with Gasteiger partial charge in [0, 0.05) is 30.4 Å². The standard InChI is InChI=1S/C19H20N4OS/c1-3-13-23(2)16-11-9-14(10-12-16)17(24)20-19-22-21-18(25-19)15-7-5-4-6-8-15/h4-12H,3,13H2,1-2H3,(H,20,22,24). The molecule has 3 rings (SSSR count). The summed E-state index contributed by atoms with van der Waals surface area (Å²) in [7, 11) is 2.05. The summed E-state index contributed by atoms with van der Waals surface area (Å²) in [6, 6.07) is 17.4. The van der Waals surface area contributed by atoms with Crippen LogP contribution in [0.5, 0.6) is 0 Å². The Hall–Kier alpha value is -2.73. The average molecular weight is 352 g/mol. The summed E-state index contributed by atoms with van der Waals surface area (Å²) in [5.74, 6) is -0.180. The lowest BCUT2D eigenvalue weighted by molar-refractivity contribution is 0.102. The quantitative estimate of drug-likeness (QED) is 0.718. The Bertz CT molecular complexity index is 830. The van der Waals surface area contributed by atoms with Gasteiger partial charge in [-0.1, -0.05) is 48.6 Å². The highest BCUT2D eigenvalue weighted by Gasteiger charge is 2.11. The molecule has 2 aromatic carbocycles. The Labute approximate surface area is 151 Å². The van der Waals surface area contributed by atoms with Crippen molar-refractivity contribution in [2.75, 3.05) is 23.8 Å². The van der Waals surface area contributed by atoms with Gasteiger partial charge in [-0.3, -0.25) is 10.1 Å². The van der Waals surface area contributed by atoms with Crippen LogP contribution < -0.4 is 10.2 Å². The van der Waals surface area contributed by atoms with Gasteiger partial charge in [-0.25, -0.2) is 0 Å². The van der Waals surface area contributed by atoms with Gasteiger partial charge < -0.3 is 4.90 Å². The SMILES string of the molecule is CCCN(C)c1ccc(C(=O)Nc2nnc(-c3ccccc3)s2)cc1. The van der Waals surface area contributed by atoms with Gasteiger partial charge in [-0.15, -0.1) is 10.2 Å². The average Bonchev–Trinajstić information content (AvgIpc) is 3.11. The lowest BCUT2D eigenvalue weighted by Crippen LogP contribution is -2.18. The van der Waals surface area contributed by atoms with E-state index in [-0.39, 0.29) is 5.91 Å². The van der Waals surface area contributed by atoms with Gasteiger partial charge in [0.15, 0.2) is 0 Å². The summed E-state index contributed by atoms with van der Waals surface area (Å²) in [6.07, 6.45) is 1.08. The third-order valence-electron chi connectivity index (χ3n) is 3.80. The molecule has 1 aromatic heterocycles. The van der Waals surface area contributed by atoms with E-state index < -0.39 is 0 Å². The number of nitrogens with zero attached hydrogens (tertiary/aromatic N) is 3. The molecule has 0 aliphatic rings. The number of rotatable bonds is 6. The summed E-state index contributed by atoms with van der Waals surface area (Å²) in [5, 5.41) is 12.3. The monoisotopic (exact) mass is 352 g/mol. The van der Waals surface area contributed by atoms with E-state index in [1.54, 1.807) is 0 Å². The number of benzene rings is 2. The van der Waals surface area contributed by atoms with Gasteiger partial charge in [-0.05, 0) is 30.7 Å². The molecule has 1 N–H and O–H groups in total. The number of carbonyl (C=O) groups excluding carboxylic acids is 1. The fraction of sp³-hybridized carbons (Fsp3) is 0.211. The van der Waals surface area contributed by atoms with Crippen LogP contribution in [0.2, 0.25) is 0 Å². The Morgan fingerprint density at radius 2 is 1.80 bits per heavy atom. The summed E-state index contributed by atoms with van der Waals surface area (Å²) in [5.41, 5.74) is 2.69. The largest absolute Gasteiger partial charge is 0.375 e. The van der Waals surface area contributed by atoms with Crippen LogP contribution in [-0.4, -0.2) is 29.7 Å². The molecular weight excluding hydrogens is 332 g/mol. The smallest absolute Gasteiger partial charge is 0.257 e. The number of aromatic nitrogens is 2. The van der Waals surface area contributed by atoms with E-state index in [1.807, 2.05) is 61.6 Å². The molecule has 5 nitrogen and oxygen atoms in total. The minimum absolute atomic E-state index is 0.180. The predicted molar refractivity (Wildman–Crippen MR) is 103 cm³/mol.